The maximum absolute atomic E-state index is 14.8. The number of aromatic nitrogens is 5. The maximum Gasteiger partial charge on any atom is 0.151 e. The van der Waals surface area contributed by atoms with Crippen LogP contribution in [0.15, 0.2) is 24.5 Å². The van der Waals surface area contributed by atoms with Gasteiger partial charge >= 0.3 is 0 Å². The van der Waals surface area contributed by atoms with Gasteiger partial charge in [0.2, 0.25) is 0 Å². The van der Waals surface area contributed by atoms with Crippen LogP contribution in [-0.4, -0.2) is 24.5 Å². The van der Waals surface area contributed by atoms with Crippen LogP contribution < -0.4 is 0 Å². The SMILES string of the molecule is Cc1nc2c(F)cc(-c3c[nH]c4nc(C5CCC5)ncc34)cc2n1C(C)C. The molecule has 1 aliphatic carbocycles. The zero-order chi connectivity index (χ0) is 18.7. The summed E-state index contributed by atoms with van der Waals surface area (Å²) in [4.78, 5) is 16.9. The molecule has 27 heavy (non-hydrogen) atoms. The third-order valence-electron chi connectivity index (χ3n) is 5.67. The molecule has 0 amide bonds. The van der Waals surface area contributed by atoms with E-state index in [2.05, 4.69) is 33.4 Å². The molecule has 0 spiro atoms. The van der Waals surface area contributed by atoms with Crippen LogP contribution in [0.4, 0.5) is 4.39 Å². The van der Waals surface area contributed by atoms with Crippen LogP contribution in [0.5, 0.6) is 0 Å². The van der Waals surface area contributed by atoms with Gasteiger partial charge in [0.25, 0.3) is 0 Å². The van der Waals surface area contributed by atoms with Crippen molar-refractivity contribution in [2.75, 3.05) is 0 Å². The smallest absolute Gasteiger partial charge is 0.151 e. The number of nitrogens with one attached hydrogen (secondary N) is 1. The largest absolute Gasteiger partial charge is 0.345 e. The highest BCUT2D eigenvalue weighted by Crippen LogP contribution is 2.36. The highest BCUT2D eigenvalue weighted by molar-refractivity contribution is 5.95. The van der Waals surface area contributed by atoms with Crippen LogP contribution >= 0.6 is 0 Å². The van der Waals surface area contributed by atoms with Gasteiger partial charge in [-0.05, 0) is 51.3 Å². The van der Waals surface area contributed by atoms with E-state index < -0.39 is 0 Å². The van der Waals surface area contributed by atoms with E-state index in [9.17, 15) is 4.39 Å². The van der Waals surface area contributed by atoms with Crippen LogP contribution in [0.3, 0.4) is 0 Å². The van der Waals surface area contributed by atoms with E-state index in [1.807, 2.05) is 25.4 Å². The summed E-state index contributed by atoms with van der Waals surface area (Å²) in [5.74, 6) is 1.92. The fraction of sp³-hybridized carbons (Fsp3) is 0.381. The van der Waals surface area contributed by atoms with Crippen LogP contribution in [0.1, 0.15) is 56.7 Å². The predicted octanol–water partition coefficient (Wildman–Crippen LogP) is 5.27. The zero-order valence-electron chi connectivity index (χ0n) is 15.8. The van der Waals surface area contributed by atoms with E-state index in [1.54, 1.807) is 6.07 Å². The van der Waals surface area contributed by atoms with Crippen molar-refractivity contribution in [2.24, 2.45) is 0 Å². The van der Waals surface area contributed by atoms with Crippen molar-refractivity contribution < 1.29 is 4.39 Å². The van der Waals surface area contributed by atoms with Gasteiger partial charge in [0.05, 0.1) is 5.52 Å². The van der Waals surface area contributed by atoms with E-state index in [-0.39, 0.29) is 11.9 Å². The summed E-state index contributed by atoms with van der Waals surface area (Å²) in [6.45, 7) is 6.08. The molecule has 1 aromatic carbocycles. The lowest BCUT2D eigenvalue weighted by Gasteiger charge is -2.23. The lowest BCUT2D eigenvalue weighted by Crippen LogP contribution is -2.12. The average Bonchev–Trinajstić information content (AvgIpc) is 3.13. The first kappa shape index (κ1) is 16.4. The number of H-pyrrole nitrogens is 1. The highest BCUT2D eigenvalue weighted by atomic mass is 19.1. The quantitative estimate of drug-likeness (QED) is 0.539. The van der Waals surface area contributed by atoms with E-state index in [1.165, 1.54) is 19.3 Å². The molecule has 6 heteroatoms. The zero-order valence-corrected chi connectivity index (χ0v) is 15.8. The Balaban J connectivity index is 1.67. The number of benzene rings is 1. The summed E-state index contributed by atoms with van der Waals surface area (Å²) in [5.41, 5.74) is 3.79. The second-order valence-corrected chi connectivity index (χ2v) is 7.77. The second kappa shape index (κ2) is 5.87. The second-order valence-electron chi connectivity index (χ2n) is 7.77. The van der Waals surface area contributed by atoms with Gasteiger partial charge in [-0.3, -0.25) is 0 Å². The minimum Gasteiger partial charge on any atom is -0.345 e. The molecule has 4 aromatic rings. The number of hydrogen-bond donors (Lipinski definition) is 1. The van der Waals surface area contributed by atoms with Gasteiger partial charge in [-0.15, -0.1) is 0 Å². The molecule has 1 aliphatic rings. The molecule has 0 atom stereocenters. The standard InChI is InChI=1S/C21H22FN5/c1-11(2)27-12(3)25-19-17(22)7-14(8-18(19)27)15-9-24-21-16(15)10-23-20(26-21)13-5-4-6-13/h7-11,13H,4-6H2,1-3H3,(H,23,24,26). The van der Waals surface area contributed by atoms with Crippen molar-refractivity contribution in [2.45, 2.75) is 52.0 Å². The Bertz CT molecular complexity index is 1170. The molecule has 5 nitrogen and oxygen atoms in total. The number of imidazole rings is 1. The normalized spacial score (nSPS) is 15.1. The number of rotatable bonds is 3. The molecule has 3 aromatic heterocycles. The van der Waals surface area contributed by atoms with Crippen molar-refractivity contribution in [1.82, 2.24) is 24.5 Å². The van der Waals surface area contributed by atoms with E-state index in [0.717, 1.165) is 39.3 Å². The predicted molar refractivity (Wildman–Crippen MR) is 104 cm³/mol. The summed E-state index contributed by atoms with van der Waals surface area (Å²) in [5, 5.41) is 0.921. The Labute approximate surface area is 156 Å². The molecular formula is C21H22FN5. The van der Waals surface area contributed by atoms with E-state index in [4.69, 9.17) is 4.98 Å². The van der Waals surface area contributed by atoms with Gasteiger partial charge < -0.3 is 9.55 Å². The number of aryl methyl sites for hydroxylation is 1. The first-order valence-electron chi connectivity index (χ1n) is 9.55. The third kappa shape index (κ3) is 2.46. The van der Waals surface area contributed by atoms with Gasteiger partial charge in [0, 0.05) is 35.3 Å². The summed E-state index contributed by atoms with van der Waals surface area (Å²) in [6, 6.07) is 3.78. The Kier molecular flexibility index (Phi) is 3.57. The third-order valence-corrected chi connectivity index (χ3v) is 5.67. The fourth-order valence-electron chi connectivity index (χ4n) is 4.10. The number of hydrogen-bond acceptors (Lipinski definition) is 3. The molecule has 0 radical (unpaired) electrons. The van der Waals surface area contributed by atoms with Crippen LogP contribution in [0.2, 0.25) is 0 Å². The van der Waals surface area contributed by atoms with Crippen molar-refractivity contribution >= 4 is 22.1 Å². The van der Waals surface area contributed by atoms with Crippen LogP contribution in [0.25, 0.3) is 33.2 Å². The number of fused-ring (bicyclic) bond motifs is 2. The van der Waals surface area contributed by atoms with Crippen molar-refractivity contribution in [3.63, 3.8) is 0 Å². The topological polar surface area (TPSA) is 59.4 Å². The van der Waals surface area contributed by atoms with Gasteiger partial charge in [-0.25, -0.2) is 19.3 Å². The Morgan fingerprint density at radius 3 is 2.74 bits per heavy atom. The Morgan fingerprint density at radius 1 is 1.22 bits per heavy atom. The van der Waals surface area contributed by atoms with Crippen molar-refractivity contribution in [1.29, 1.82) is 0 Å². The van der Waals surface area contributed by atoms with E-state index >= 15 is 0 Å². The number of halogens is 1. The highest BCUT2D eigenvalue weighted by Gasteiger charge is 2.23. The van der Waals surface area contributed by atoms with E-state index in [0.29, 0.717) is 11.4 Å². The molecule has 138 valence electrons. The Hall–Kier alpha value is -2.76. The number of aromatic amines is 1. The summed E-state index contributed by atoms with van der Waals surface area (Å²) >= 11 is 0. The lowest BCUT2D eigenvalue weighted by molar-refractivity contribution is 0.402. The Morgan fingerprint density at radius 2 is 2.04 bits per heavy atom. The van der Waals surface area contributed by atoms with Gasteiger partial charge in [-0.2, -0.15) is 0 Å². The van der Waals surface area contributed by atoms with Gasteiger partial charge in [-0.1, -0.05) is 6.42 Å². The average molecular weight is 363 g/mol. The molecule has 1 saturated carbocycles. The minimum absolute atomic E-state index is 0.209. The molecule has 0 bridgehead atoms. The molecule has 0 saturated heterocycles. The van der Waals surface area contributed by atoms with Gasteiger partial charge in [0.1, 0.15) is 22.8 Å². The minimum atomic E-state index is -0.300. The summed E-state index contributed by atoms with van der Waals surface area (Å²) in [7, 11) is 0. The molecule has 1 fully saturated rings. The lowest BCUT2D eigenvalue weighted by atomic mass is 9.85. The molecule has 3 heterocycles. The summed E-state index contributed by atoms with van der Waals surface area (Å²) < 4.78 is 16.9. The van der Waals surface area contributed by atoms with Crippen LogP contribution in [-0.2, 0) is 0 Å². The fourth-order valence-corrected chi connectivity index (χ4v) is 4.10. The summed E-state index contributed by atoms with van der Waals surface area (Å²) in [6.07, 6.45) is 7.35. The maximum atomic E-state index is 14.8. The van der Waals surface area contributed by atoms with Gasteiger partial charge in [0.15, 0.2) is 5.82 Å². The first-order valence-corrected chi connectivity index (χ1v) is 9.55. The monoisotopic (exact) mass is 363 g/mol. The first-order chi connectivity index (χ1) is 13.0. The van der Waals surface area contributed by atoms with Crippen LogP contribution in [0, 0.1) is 12.7 Å². The van der Waals surface area contributed by atoms with Crippen molar-refractivity contribution in [3.05, 3.63) is 42.0 Å². The molecule has 5 rings (SSSR count). The molecule has 0 aliphatic heterocycles. The molecule has 0 unspecified atom stereocenters. The van der Waals surface area contributed by atoms with Crippen molar-refractivity contribution in [3.8, 4) is 11.1 Å². The number of nitrogens with zero attached hydrogens (tertiary/aromatic N) is 4. The molecular weight excluding hydrogens is 341 g/mol. The molecule has 1 N–H and O–H groups in total.